The van der Waals surface area contributed by atoms with Gasteiger partial charge < -0.3 is 34.9 Å². The number of benzene rings is 1. The van der Waals surface area contributed by atoms with E-state index in [1.54, 1.807) is 30.7 Å². The Bertz CT molecular complexity index is 947. The first-order valence-electron chi connectivity index (χ1n) is 11.2. The maximum Gasteiger partial charge on any atom is 0.275 e. The molecule has 1 aromatic heterocycles. The number of thiazole rings is 1. The van der Waals surface area contributed by atoms with Crippen LogP contribution in [0.4, 0.5) is 10.8 Å². The van der Waals surface area contributed by atoms with Crippen LogP contribution in [-0.4, -0.2) is 81.7 Å². The van der Waals surface area contributed by atoms with Crippen molar-refractivity contribution in [3.8, 4) is 5.75 Å². The quantitative estimate of drug-likeness (QED) is 0.385. The van der Waals surface area contributed by atoms with E-state index in [-0.39, 0.29) is 24.2 Å². The molecule has 0 spiro atoms. The molecule has 10 nitrogen and oxygen atoms in total. The van der Waals surface area contributed by atoms with E-state index in [4.69, 9.17) is 19.3 Å². The number of hydrogen-bond donors (Lipinski definition) is 3. The number of carbonyl (C=O) groups excluding carboxylic acids is 2. The van der Waals surface area contributed by atoms with Crippen molar-refractivity contribution in [3.05, 3.63) is 34.8 Å². The normalized spacial score (nSPS) is 14.0. The number of aliphatic hydroxyl groups is 1. The van der Waals surface area contributed by atoms with Gasteiger partial charge in [0.15, 0.2) is 5.13 Å². The average Bonchev–Trinajstić information content (AvgIpc) is 3.35. The van der Waals surface area contributed by atoms with Crippen molar-refractivity contribution in [2.45, 2.75) is 25.3 Å². The molecule has 2 aromatic rings. The average molecular weight is 493 g/mol. The number of aromatic nitrogens is 1. The van der Waals surface area contributed by atoms with E-state index < -0.39 is 5.91 Å². The zero-order valence-electron chi connectivity index (χ0n) is 19.5. The van der Waals surface area contributed by atoms with Crippen LogP contribution in [0, 0.1) is 0 Å². The lowest BCUT2D eigenvalue weighted by Crippen LogP contribution is -2.39. The van der Waals surface area contributed by atoms with Crippen LogP contribution in [0.3, 0.4) is 0 Å². The summed E-state index contributed by atoms with van der Waals surface area (Å²) in [5.41, 5.74) is 0.934. The molecule has 1 aliphatic rings. The maximum atomic E-state index is 13.1. The van der Waals surface area contributed by atoms with Crippen LogP contribution >= 0.6 is 11.3 Å². The van der Waals surface area contributed by atoms with Gasteiger partial charge in [-0.3, -0.25) is 9.59 Å². The van der Waals surface area contributed by atoms with Crippen LogP contribution in [0.2, 0.25) is 0 Å². The number of methoxy groups -OCH3 is 1. The van der Waals surface area contributed by atoms with Gasteiger partial charge in [0, 0.05) is 58.4 Å². The lowest BCUT2D eigenvalue weighted by Gasteiger charge is -2.23. The van der Waals surface area contributed by atoms with Gasteiger partial charge in [0.2, 0.25) is 0 Å². The molecule has 0 atom stereocenters. The van der Waals surface area contributed by atoms with Crippen molar-refractivity contribution in [1.82, 2.24) is 10.3 Å². The fourth-order valence-electron chi connectivity index (χ4n) is 3.32. The van der Waals surface area contributed by atoms with Crippen molar-refractivity contribution in [3.63, 3.8) is 0 Å². The van der Waals surface area contributed by atoms with Gasteiger partial charge in [-0.1, -0.05) is 0 Å². The molecule has 11 heteroatoms. The molecule has 1 aliphatic heterocycles. The summed E-state index contributed by atoms with van der Waals surface area (Å²) in [7, 11) is 3.51. The number of carbonyl (C=O) groups is 2. The van der Waals surface area contributed by atoms with Crippen molar-refractivity contribution in [1.29, 1.82) is 0 Å². The molecule has 2 amide bonds. The molecule has 1 saturated heterocycles. The zero-order chi connectivity index (χ0) is 24.3. The lowest BCUT2D eigenvalue weighted by atomic mass is 10.1. The molecule has 186 valence electrons. The first kappa shape index (κ1) is 25.9. The van der Waals surface area contributed by atoms with Crippen LogP contribution in [-0.2, 0) is 9.47 Å². The van der Waals surface area contributed by atoms with Crippen LogP contribution in [0.5, 0.6) is 5.75 Å². The van der Waals surface area contributed by atoms with E-state index in [9.17, 15) is 9.59 Å². The molecule has 1 fully saturated rings. The van der Waals surface area contributed by atoms with Gasteiger partial charge >= 0.3 is 0 Å². The second kappa shape index (κ2) is 13.2. The number of anilines is 2. The summed E-state index contributed by atoms with van der Waals surface area (Å²) in [6.07, 6.45) is 1.95. The van der Waals surface area contributed by atoms with Gasteiger partial charge in [-0.15, -0.1) is 11.3 Å². The van der Waals surface area contributed by atoms with Gasteiger partial charge in [0.1, 0.15) is 11.4 Å². The number of ether oxygens (including phenoxy) is 3. The molecule has 0 aliphatic carbocycles. The zero-order valence-corrected chi connectivity index (χ0v) is 20.4. The highest BCUT2D eigenvalue weighted by Gasteiger charge is 2.22. The summed E-state index contributed by atoms with van der Waals surface area (Å²) in [6, 6.07) is 4.94. The summed E-state index contributed by atoms with van der Waals surface area (Å²) in [5, 5.41) is 17.2. The van der Waals surface area contributed by atoms with E-state index in [0.29, 0.717) is 61.5 Å². The van der Waals surface area contributed by atoms with Crippen LogP contribution < -0.4 is 20.3 Å². The third-order valence-corrected chi connectivity index (χ3v) is 6.25. The number of aliphatic hydroxyl groups excluding tert-OH is 1. The Hall–Kier alpha value is -2.73. The molecule has 2 heterocycles. The van der Waals surface area contributed by atoms with E-state index in [1.165, 1.54) is 11.3 Å². The van der Waals surface area contributed by atoms with Crippen molar-refractivity contribution in [2.75, 3.05) is 64.0 Å². The summed E-state index contributed by atoms with van der Waals surface area (Å²) in [6.45, 7) is 2.74. The molecular formula is C23H32N4O6S. The second-order valence-corrected chi connectivity index (χ2v) is 8.71. The number of likely N-dealkylation sites (N-methyl/N-ethyl adjacent to an activating group) is 1. The number of rotatable bonds is 12. The summed E-state index contributed by atoms with van der Waals surface area (Å²) in [4.78, 5) is 32.3. The molecule has 0 unspecified atom stereocenters. The standard InChI is InChI=1S/C23H32N4O6S/c1-27(8-13-31-2)23-26-20(15-34-23)22(30)25-19-5-4-17(33-10-3-9-28)14-18(19)21(29)24-16-6-11-32-12-7-16/h4-5,14-16,28H,3,6-13H2,1-2H3,(H,24,29)(H,25,30). The van der Waals surface area contributed by atoms with Crippen molar-refractivity contribution in [2.24, 2.45) is 0 Å². The topological polar surface area (TPSA) is 122 Å². The van der Waals surface area contributed by atoms with Gasteiger partial charge in [-0.2, -0.15) is 0 Å². The second-order valence-electron chi connectivity index (χ2n) is 7.88. The summed E-state index contributed by atoms with van der Waals surface area (Å²) >= 11 is 1.36. The summed E-state index contributed by atoms with van der Waals surface area (Å²) in [5.74, 6) is -0.218. The van der Waals surface area contributed by atoms with E-state index >= 15 is 0 Å². The lowest BCUT2D eigenvalue weighted by molar-refractivity contribution is 0.0696. The van der Waals surface area contributed by atoms with Gasteiger partial charge in [-0.25, -0.2) is 4.98 Å². The first-order chi connectivity index (χ1) is 16.5. The molecule has 3 rings (SSSR count). The van der Waals surface area contributed by atoms with Crippen LogP contribution in [0.1, 0.15) is 40.1 Å². The van der Waals surface area contributed by atoms with Crippen LogP contribution in [0.25, 0.3) is 0 Å². The Balaban J connectivity index is 1.75. The van der Waals surface area contributed by atoms with Crippen molar-refractivity contribution < 1.29 is 28.9 Å². The largest absolute Gasteiger partial charge is 0.493 e. The number of hydrogen-bond acceptors (Lipinski definition) is 9. The predicted octanol–water partition coefficient (Wildman–Crippen LogP) is 2.15. The smallest absolute Gasteiger partial charge is 0.275 e. The number of amides is 2. The molecule has 34 heavy (non-hydrogen) atoms. The molecule has 0 saturated carbocycles. The maximum absolute atomic E-state index is 13.1. The van der Waals surface area contributed by atoms with E-state index in [2.05, 4.69) is 15.6 Å². The SMILES string of the molecule is COCCN(C)c1nc(C(=O)Nc2ccc(OCCCO)cc2C(=O)NC2CCOCC2)cs1. The highest BCUT2D eigenvalue weighted by molar-refractivity contribution is 7.13. The number of nitrogens with zero attached hydrogens (tertiary/aromatic N) is 2. The van der Waals surface area contributed by atoms with Gasteiger partial charge in [0.05, 0.1) is 24.5 Å². The highest BCUT2D eigenvalue weighted by Crippen LogP contribution is 2.25. The Morgan fingerprint density at radius 1 is 1.26 bits per heavy atom. The van der Waals surface area contributed by atoms with Gasteiger partial charge in [-0.05, 0) is 31.0 Å². The molecule has 3 N–H and O–H groups in total. The Kier molecular flexibility index (Phi) is 10.1. The minimum atomic E-state index is -0.406. The third kappa shape index (κ3) is 7.39. The molecule has 0 radical (unpaired) electrons. The molecule has 0 bridgehead atoms. The van der Waals surface area contributed by atoms with Crippen molar-refractivity contribution >= 4 is 34.0 Å². The fraction of sp³-hybridized carbons (Fsp3) is 0.522. The van der Waals surface area contributed by atoms with E-state index in [0.717, 1.165) is 12.8 Å². The Morgan fingerprint density at radius 2 is 2.06 bits per heavy atom. The third-order valence-electron chi connectivity index (χ3n) is 5.29. The number of nitrogens with one attached hydrogen (secondary N) is 2. The first-order valence-corrected chi connectivity index (χ1v) is 12.1. The Morgan fingerprint density at radius 3 is 2.79 bits per heavy atom. The molecular weight excluding hydrogens is 460 g/mol. The predicted molar refractivity (Wildman–Crippen MR) is 130 cm³/mol. The van der Waals surface area contributed by atoms with E-state index in [1.807, 2.05) is 11.9 Å². The van der Waals surface area contributed by atoms with Gasteiger partial charge in [0.25, 0.3) is 11.8 Å². The fourth-order valence-corrected chi connectivity index (χ4v) is 4.12. The minimum Gasteiger partial charge on any atom is -0.493 e. The monoisotopic (exact) mass is 492 g/mol. The Labute approximate surface area is 203 Å². The van der Waals surface area contributed by atoms with Crippen LogP contribution in [0.15, 0.2) is 23.6 Å². The highest BCUT2D eigenvalue weighted by atomic mass is 32.1. The molecule has 1 aromatic carbocycles. The summed E-state index contributed by atoms with van der Waals surface area (Å²) < 4.78 is 16.1. The minimum absolute atomic E-state index is 0.00695.